The zero-order chi connectivity index (χ0) is 16.1. The number of benzene rings is 1. The summed E-state index contributed by atoms with van der Waals surface area (Å²) in [7, 11) is 0. The standard InChI is InChI=1S/C16H21F2NO3/c1-2-22-13-8-7-12(17)14(15(13)18)16(21)19-11-5-3-10(9-20)4-6-11/h7-8,10-11,20H,2-6,9H2,1H3,(H,19,21). The lowest BCUT2D eigenvalue weighted by Crippen LogP contribution is -2.38. The maximum absolute atomic E-state index is 14.2. The van der Waals surface area contributed by atoms with Gasteiger partial charge in [-0.05, 0) is 50.7 Å². The molecule has 6 heteroatoms. The lowest BCUT2D eigenvalue weighted by Gasteiger charge is -2.28. The second-order valence-corrected chi connectivity index (χ2v) is 5.54. The van der Waals surface area contributed by atoms with Crippen molar-refractivity contribution in [1.29, 1.82) is 0 Å². The van der Waals surface area contributed by atoms with Gasteiger partial charge in [0.1, 0.15) is 11.4 Å². The van der Waals surface area contributed by atoms with Crippen molar-refractivity contribution in [3.63, 3.8) is 0 Å². The highest BCUT2D eigenvalue weighted by Gasteiger charge is 2.26. The molecule has 1 amide bonds. The van der Waals surface area contributed by atoms with E-state index < -0.39 is 23.1 Å². The number of carbonyl (C=O) groups excluding carboxylic acids is 1. The van der Waals surface area contributed by atoms with Crippen molar-refractivity contribution >= 4 is 5.91 Å². The summed E-state index contributed by atoms with van der Waals surface area (Å²) in [4.78, 5) is 12.2. The van der Waals surface area contributed by atoms with Crippen LogP contribution in [-0.2, 0) is 0 Å². The molecule has 0 saturated heterocycles. The molecule has 0 spiro atoms. The first-order chi connectivity index (χ1) is 10.6. The SMILES string of the molecule is CCOc1ccc(F)c(C(=O)NC2CCC(CO)CC2)c1F. The number of halogens is 2. The van der Waals surface area contributed by atoms with Gasteiger partial charge < -0.3 is 15.2 Å². The van der Waals surface area contributed by atoms with E-state index in [1.165, 1.54) is 6.07 Å². The van der Waals surface area contributed by atoms with Crippen molar-refractivity contribution in [2.45, 2.75) is 38.6 Å². The minimum absolute atomic E-state index is 0.121. The fraction of sp³-hybridized carbons (Fsp3) is 0.562. The molecule has 122 valence electrons. The Morgan fingerprint density at radius 1 is 1.32 bits per heavy atom. The van der Waals surface area contributed by atoms with Crippen molar-refractivity contribution in [1.82, 2.24) is 5.32 Å². The van der Waals surface area contributed by atoms with Crippen LogP contribution in [0.4, 0.5) is 8.78 Å². The summed E-state index contributed by atoms with van der Waals surface area (Å²) < 4.78 is 33.0. The van der Waals surface area contributed by atoms with Gasteiger partial charge in [-0.2, -0.15) is 0 Å². The Hall–Kier alpha value is -1.69. The van der Waals surface area contributed by atoms with Gasteiger partial charge in [0.05, 0.1) is 6.61 Å². The molecule has 1 saturated carbocycles. The first-order valence-corrected chi connectivity index (χ1v) is 7.59. The minimum Gasteiger partial charge on any atom is -0.491 e. The summed E-state index contributed by atoms with van der Waals surface area (Å²) in [6, 6.07) is 2.09. The first-order valence-electron chi connectivity index (χ1n) is 7.59. The molecule has 2 N–H and O–H groups in total. The molecule has 0 bridgehead atoms. The Bertz CT molecular complexity index is 528. The third-order valence-electron chi connectivity index (χ3n) is 4.02. The van der Waals surface area contributed by atoms with Crippen LogP contribution in [0.2, 0.25) is 0 Å². The highest BCUT2D eigenvalue weighted by Crippen LogP contribution is 2.26. The molecule has 0 radical (unpaired) electrons. The summed E-state index contributed by atoms with van der Waals surface area (Å²) in [6.45, 7) is 2.05. The molecule has 4 nitrogen and oxygen atoms in total. The monoisotopic (exact) mass is 313 g/mol. The quantitative estimate of drug-likeness (QED) is 0.878. The van der Waals surface area contributed by atoms with E-state index in [9.17, 15) is 13.6 Å². The zero-order valence-electron chi connectivity index (χ0n) is 12.6. The number of ether oxygens (including phenoxy) is 1. The zero-order valence-corrected chi connectivity index (χ0v) is 12.6. The van der Waals surface area contributed by atoms with E-state index >= 15 is 0 Å². The number of carbonyl (C=O) groups is 1. The molecule has 1 aromatic carbocycles. The number of aliphatic hydroxyl groups excluding tert-OH is 1. The normalized spacial score (nSPS) is 21.5. The minimum atomic E-state index is -0.969. The van der Waals surface area contributed by atoms with Gasteiger partial charge >= 0.3 is 0 Å². The molecule has 1 aliphatic carbocycles. The van der Waals surface area contributed by atoms with Gasteiger partial charge in [0.15, 0.2) is 11.6 Å². The molecule has 0 aliphatic heterocycles. The predicted octanol–water partition coefficient (Wildman–Crippen LogP) is 2.64. The molecule has 0 heterocycles. The summed E-state index contributed by atoms with van der Waals surface area (Å²) in [5, 5.41) is 11.8. The summed E-state index contributed by atoms with van der Waals surface area (Å²) in [6.07, 6.45) is 2.99. The summed E-state index contributed by atoms with van der Waals surface area (Å²) >= 11 is 0. The lowest BCUT2D eigenvalue weighted by molar-refractivity contribution is 0.0904. The van der Waals surface area contributed by atoms with Gasteiger partial charge in [0, 0.05) is 12.6 Å². The van der Waals surface area contributed by atoms with E-state index in [-0.39, 0.29) is 30.9 Å². The van der Waals surface area contributed by atoms with Gasteiger partial charge in [0.2, 0.25) is 0 Å². The Kier molecular flexibility index (Phi) is 5.71. The van der Waals surface area contributed by atoms with Crippen molar-refractivity contribution in [2.24, 2.45) is 5.92 Å². The molecular formula is C16H21F2NO3. The molecule has 0 unspecified atom stereocenters. The summed E-state index contributed by atoms with van der Waals surface area (Å²) in [5.74, 6) is -2.50. The van der Waals surface area contributed by atoms with Gasteiger partial charge in [-0.1, -0.05) is 0 Å². The molecule has 0 atom stereocenters. The van der Waals surface area contributed by atoms with Gasteiger partial charge in [-0.3, -0.25) is 4.79 Å². The highest BCUT2D eigenvalue weighted by atomic mass is 19.1. The largest absolute Gasteiger partial charge is 0.491 e. The third kappa shape index (κ3) is 3.74. The molecule has 0 aromatic heterocycles. The van der Waals surface area contributed by atoms with Crippen LogP contribution >= 0.6 is 0 Å². The first kappa shape index (κ1) is 16.7. The number of hydrogen-bond acceptors (Lipinski definition) is 3. The van der Waals surface area contributed by atoms with Crippen LogP contribution < -0.4 is 10.1 Å². The van der Waals surface area contributed by atoms with Crippen molar-refractivity contribution in [3.8, 4) is 5.75 Å². The Labute approximate surface area is 128 Å². The van der Waals surface area contributed by atoms with Crippen LogP contribution in [-0.4, -0.2) is 30.3 Å². The van der Waals surface area contributed by atoms with Gasteiger partial charge in [0.25, 0.3) is 5.91 Å². The number of amides is 1. The predicted molar refractivity (Wildman–Crippen MR) is 77.8 cm³/mol. The lowest BCUT2D eigenvalue weighted by atomic mass is 9.86. The highest BCUT2D eigenvalue weighted by molar-refractivity contribution is 5.95. The van der Waals surface area contributed by atoms with E-state index in [1.54, 1.807) is 6.92 Å². The molecule has 22 heavy (non-hydrogen) atoms. The Balaban J connectivity index is 2.08. The molecule has 2 rings (SSSR count). The average molecular weight is 313 g/mol. The van der Waals surface area contributed by atoms with Crippen molar-refractivity contribution < 1.29 is 23.4 Å². The van der Waals surface area contributed by atoms with Crippen LogP contribution in [0.3, 0.4) is 0 Å². The van der Waals surface area contributed by atoms with Gasteiger partial charge in [-0.25, -0.2) is 8.78 Å². The van der Waals surface area contributed by atoms with E-state index in [1.807, 2.05) is 0 Å². The fourth-order valence-corrected chi connectivity index (χ4v) is 2.76. The Morgan fingerprint density at radius 3 is 2.59 bits per heavy atom. The average Bonchev–Trinajstić information content (AvgIpc) is 2.51. The van der Waals surface area contributed by atoms with E-state index in [0.29, 0.717) is 12.8 Å². The van der Waals surface area contributed by atoms with Crippen LogP contribution in [0.25, 0.3) is 0 Å². The van der Waals surface area contributed by atoms with Gasteiger partial charge in [-0.15, -0.1) is 0 Å². The Morgan fingerprint density at radius 2 is 2.00 bits per heavy atom. The number of aliphatic hydroxyl groups is 1. The molecular weight excluding hydrogens is 292 g/mol. The van der Waals surface area contributed by atoms with Crippen LogP contribution in [0.1, 0.15) is 43.0 Å². The number of hydrogen-bond donors (Lipinski definition) is 2. The topological polar surface area (TPSA) is 58.6 Å². The van der Waals surface area contributed by atoms with E-state index in [0.717, 1.165) is 18.9 Å². The van der Waals surface area contributed by atoms with Crippen LogP contribution in [0.5, 0.6) is 5.75 Å². The van der Waals surface area contributed by atoms with Crippen LogP contribution in [0.15, 0.2) is 12.1 Å². The number of nitrogens with one attached hydrogen (secondary N) is 1. The molecule has 1 aromatic rings. The van der Waals surface area contributed by atoms with Crippen LogP contribution in [0, 0.1) is 17.6 Å². The smallest absolute Gasteiger partial charge is 0.257 e. The van der Waals surface area contributed by atoms with Crippen molar-refractivity contribution in [2.75, 3.05) is 13.2 Å². The maximum Gasteiger partial charge on any atom is 0.257 e. The van der Waals surface area contributed by atoms with E-state index in [2.05, 4.69) is 5.32 Å². The number of rotatable bonds is 5. The second-order valence-electron chi connectivity index (χ2n) is 5.54. The maximum atomic E-state index is 14.2. The summed E-state index contributed by atoms with van der Waals surface area (Å²) in [5.41, 5.74) is -0.602. The second kappa shape index (κ2) is 7.54. The van der Waals surface area contributed by atoms with Crippen molar-refractivity contribution in [3.05, 3.63) is 29.3 Å². The fourth-order valence-electron chi connectivity index (χ4n) is 2.76. The third-order valence-corrected chi connectivity index (χ3v) is 4.02. The van der Waals surface area contributed by atoms with E-state index in [4.69, 9.17) is 9.84 Å². The molecule has 1 aliphatic rings. The molecule has 1 fully saturated rings.